The van der Waals surface area contributed by atoms with Gasteiger partial charge in [0.25, 0.3) is 0 Å². The van der Waals surface area contributed by atoms with Gasteiger partial charge in [-0.2, -0.15) is 0 Å². The van der Waals surface area contributed by atoms with E-state index in [9.17, 15) is 9.59 Å². The molecule has 0 bridgehead atoms. The maximum absolute atomic E-state index is 12.6. The number of halogens is 2. The van der Waals surface area contributed by atoms with Crippen molar-refractivity contribution in [1.29, 1.82) is 0 Å². The number of benzene rings is 3. The minimum atomic E-state index is -0.626. The van der Waals surface area contributed by atoms with Gasteiger partial charge in [-0.1, -0.05) is 34.1 Å². The predicted molar refractivity (Wildman–Crippen MR) is 126 cm³/mol. The monoisotopic (exact) mass is 569 g/mol. The van der Waals surface area contributed by atoms with Crippen LogP contribution in [0, 0.1) is 0 Å². The van der Waals surface area contributed by atoms with E-state index in [-0.39, 0.29) is 24.1 Å². The summed E-state index contributed by atoms with van der Waals surface area (Å²) in [7, 11) is 0. The maximum Gasteiger partial charge on any atom is 0.363 e. The normalized spacial score (nSPS) is 15.4. The molecule has 0 N–H and O–H groups in total. The quantitative estimate of drug-likeness (QED) is 0.234. The summed E-state index contributed by atoms with van der Waals surface area (Å²) in [6.07, 6.45) is 1.51. The van der Waals surface area contributed by atoms with E-state index < -0.39 is 11.9 Å². The number of esters is 2. The van der Waals surface area contributed by atoms with E-state index in [1.54, 1.807) is 54.6 Å². The molecule has 0 saturated carbocycles. The summed E-state index contributed by atoms with van der Waals surface area (Å²) >= 11 is 6.85. The standard InChI is InChI=1S/C24H13Br2NO6/c25-16-8-15(21(17(26)11-16)32-23(28)13-4-2-1-3-5-13)9-18-24(29)33-22(27-18)14-6-7-19-20(10-14)31-12-30-19/h1-11H,12H2/b18-9+. The summed E-state index contributed by atoms with van der Waals surface area (Å²) < 4.78 is 22.9. The van der Waals surface area contributed by atoms with Crippen molar-refractivity contribution >= 4 is 55.8 Å². The van der Waals surface area contributed by atoms with Gasteiger partial charge in [0.1, 0.15) is 0 Å². The van der Waals surface area contributed by atoms with Crippen molar-refractivity contribution in [3.8, 4) is 17.2 Å². The predicted octanol–water partition coefficient (Wildman–Crippen LogP) is 5.50. The van der Waals surface area contributed by atoms with Crippen molar-refractivity contribution in [2.75, 3.05) is 6.79 Å². The molecule has 9 heteroatoms. The number of rotatable bonds is 4. The third-order valence-corrected chi connectivity index (χ3v) is 5.82. The van der Waals surface area contributed by atoms with Crippen LogP contribution in [0.4, 0.5) is 0 Å². The van der Waals surface area contributed by atoms with Crippen LogP contribution in [0.2, 0.25) is 0 Å². The molecular weight excluding hydrogens is 558 g/mol. The molecular formula is C24H13Br2NO6. The summed E-state index contributed by atoms with van der Waals surface area (Å²) in [6.45, 7) is 0.137. The van der Waals surface area contributed by atoms with Gasteiger partial charge in [-0.05, 0) is 64.5 Å². The van der Waals surface area contributed by atoms with Crippen LogP contribution in [-0.2, 0) is 9.53 Å². The molecule has 0 unspecified atom stereocenters. The van der Waals surface area contributed by atoms with E-state index >= 15 is 0 Å². The molecule has 164 valence electrons. The zero-order valence-electron chi connectivity index (χ0n) is 16.7. The molecule has 5 rings (SSSR count). The Hall–Kier alpha value is -3.43. The zero-order valence-corrected chi connectivity index (χ0v) is 19.9. The van der Waals surface area contributed by atoms with Crippen LogP contribution in [0.3, 0.4) is 0 Å². The minimum absolute atomic E-state index is 0.0599. The van der Waals surface area contributed by atoms with Crippen LogP contribution in [0.15, 0.2) is 80.3 Å². The van der Waals surface area contributed by atoms with Gasteiger partial charge < -0.3 is 18.9 Å². The number of carbonyl (C=O) groups excluding carboxylic acids is 2. The highest BCUT2D eigenvalue weighted by molar-refractivity contribution is 9.11. The van der Waals surface area contributed by atoms with E-state index in [2.05, 4.69) is 36.9 Å². The molecule has 0 aromatic heterocycles. The Morgan fingerprint density at radius 1 is 1.00 bits per heavy atom. The van der Waals surface area contributed by atoms with Gasteiger partial charge in [-0.3, -0.25) is 0 Å². The number of ether oxygens (including phenoxy) is 4. The van der Waals surface area contributed by atoms with Gasteiger partial charge in [-0.25, -0.2) is 14.6 Å². The fourth-order valence-corrected chi connectivity index (χ4v) is 4.57. The fourth-order valence-electron chi connectivity index (χ4n) is 3.23. The van der Waals surface area contributed by atoms with Crippen LogP contribution in [-0.4, -0.2) is 24.6 Å². The lowest BCUT2D eigenvalue weighted by Gasteiger charge is -2.11. The first kappa shape index (κ1) is 21.4. The number of hydrogen-bond donors (Lipinski definition) is 0. The van der Waals surface area contributed by atoms with Crippen molar-refractivity contribution in [2.45, 2.75) is 0 Å². The van der Waals surface area contributed by atoms with Crippen LogP contribution >= 0.6 is 31.9 Å². The van der Waals surface area contributed by atoms with E-state index in [0.717, 1.165) is 0 Å². The van der Waals surface area contributed by atoms with Crippen LogP contribution in [0.5, 0.6) is 17.2 Å². The first-order valence-corrected chi connectivity index (χ1v) is 11.3. The highest BCUT2D eigenvalue weighted by Gasteiger charge is 2.27. The lowest BCUT2D eigenvalue weighted by Crippen LogP contribution is -2.10. The van der Waals surface area contributed by atoms with Gasteiger partial charge in [0.05, 0.1) is 10.0 Å². The second-order valence-corrected chi connectivity index (χ2v) is 8.74. The van der Waals surface area contributed by atoms with E-state index in [1.165, 1.54) is 6.08 Å². The summed E-state index contributed by atoms with van der Waals surface area (Å²) in [5, 5.41) is 0. The second-order valence-electron chi connectivity index (χ2n) is 6.97. The maximum atomic E-state index is 12.6. The highest BCUT2D eigenvalue weighted by atomic mass is 79.9. The molecule has 0 saturated heterocycles. The molecule has 3 aromatic carbocycles. The van der Waals surface area contributed by atoms with Gasteiger partial charge in [-0.15, -0.1) is 0 Å². The Balaban J connectivity index is 1.49. The molecule has 2 aliphatic rings. The summed E-state index contributed by atoms with van der Waals surface area (Å²) in [5.41, 5.74) is 1.49. The van der Waals surface area contributed by atoms with Gasteiger partial charge >= 0.3 is 11.9 Å². The Bertz CT molecular complexity index is 1350. The van der Waals surface area contributed by atoms with Gasteiger partial charge in [0.2, 0.25) is 12.7 Å². The van der Waals surface area contributed by atoms with E-state index in [1.807, 2.05) is 6.07 Å². The number of aliphatic imine (C=N–C) groups is 1. The lowest BCUT2D eigenvalue weighted by atomic mass is 10.1. The SMILES string of the molecule is O=C1OC(c2ccc3c(c2)OCO3)=N/C1=C/c1cc(Br)cc(Br)c1OC(=O)c1ccccc1. The minimum Gasteiger partial charge on any atom is -0.454 e. The number of cyclic esters (lactones) is 1. The third kappa shape index (κ3) is 4.42. The molecule has 0 amide bonds. The largest absolute Gasteiger partial charge is 0.454 e. The Kier molecular flexibility index (Phi) is 5.74. The Morgan fingerprint density at radius 3 is 2.61 bits per heavy atom. The molecule has 33 heavy (non-hydrogen) atoms. The summed E-state index contributed by atoms with van der Waals surface area (Å²) in [5.74, 6) is 0.398. The van der Waals surface area contributed by atoms with Gasteiger partial charge in [0.15, 0.2) is 22.9 Å². The smallest absolute Gasteiger partial charge is 0.363 e. The summed E-state index contributed by atoms with van der Waals surface area (Å²) in [6, 6.07) is 17.2. The van der Waals surface area contributed by atoms with Crippen molar-refractivity contribution in [1.82, 2.24) is 0 Å². The van der Waals surface area contributed by atoms with Crippen molar-refractivity contribution in [3.63, 3.8) is 0 Å². The number of nitrogens with zero attached hydrogens (tertiary/aromatic N) is 1. The van der Waals surface area contributed by atoms with Crippen LogP contribution < -0.4 is 14.2 Å². The van der Waals surface area contributed by atoms with Crippen molar-refractivity contribution < 1.29 is 28.5 Å². The topological polar surface area (TPSA) is 83.4 Å². The first-order valence-electron chi connectivity index (χ1n) is 9.67. The molecule has 3 aromatic rings. The number of hydrogen-bond acceptors (Lipinski definition) is 7. The molecule has 0 fully saturated rings. The first-order chi connectivity index (χ1) is 16.0. The number of carbonyl (C=O) groups is 2. The Labute approximate surface area is 204 Å². The van der Waals surface area contributed by atoms with Gasteiger partial charge in [0, 0.05) is 15.6 Å². The van der Waals surface area contributed by atoms with Crippen molar-refractivity contribution in [2.24, 2.45) is 4.99 Å². The molecule has 0 radical (unpaired) electrons. The van der Waals surface area contributed by atoms with Crippen LogP contribution in [0.25, 0.3) is 6.08 Å². The van der Waals surface area contributed by atoms with E-state index in [4.69, 9.17) is 18.9 Å². The zero-order chi connectivity index (χ0) is 22.9. The fraction of sp³-hybridized carbons (Fsp3) is 0.0417. The van der Waals surface area contributed by atoms with E-state index in [0.29, 0.717) is 37.1 Å². The second kappa shape index (κ2) is 8.84. The summed E-state index contributed by atoms with van der Waals surface area (Å²) in [4.78, 5) is 29.5. The lowest BCUT2D eigenvalue weighted by molar-refractivity contribution is -0.129. The molecule has 2 aliphatic heterocycles. The Morgan fingerprint density at radius 2 is 1.79 bits per heavy atom. The van der Waals surface area contributed by atoms with Crippen LogP contribution in [0.1, 0.15) is 21.5 Å². The third-order valence-electron chi connectivity index (χ3n) is 4.77. The molecule has 0 spiro atoms. The average molecular weight is 571 g/mol. The number of fused-ring (bicyclic) bond motifs is 1. The van der Waals surface area contributed by atoms with Crippen molar-refractivity contribution in [3.05, 3.63) is 92.0 Å². The average Bonchev–Trinajstić information content (AvgIpc) is 3.42. The molecule has 0 atom stereocenters. The molecule has 2 heterocycles. The molecule has 0 aliphatic carbocycles. The molecule has 7 nitrogen and oxygen atoms in total. The highest BCUT2D eigenvalue weighted by Crippen LogP contribution is 2.37.